The summed E-state index contributed by atoms with van der Waals surface area (Å²) in [5.41, 5.74) is 3.83. The second kappa shape index (κ2) is 15.5. The number of rotatable bonds is 8. The first-order valence-electron chi connectivity index (χ1n) is 16.7. The Hall–Kier alpha value is -3.65. The number of thioether (sulfide) groups is 1. The monoisotopic (exact) mass is 697 g/mol. The van der Waals surface area contributed by atoms with Crippen LogP contribution in [0.1, 0.15) is 40.5 Å². The zero-order valence-corrected chi connectivity index (χ0v) is 29.9. The van der Waals surface area contributed by atoms with Gasteiger partial charge in [0.2, 0.25) is 5.75 Å². The number of H-pyrrole nitrogens is 1. The van der Waals surface area contributed by atoms with Crippen molar-refractivity contribution < 1.29 is 42.7 Å². The largest absolute Gasteiger partial charge is 0.497 e. The molecule has 0 amide bonds. The van der Waals surface area contributed by atoms with Crippen LogP contribution in [-0.4, -0.2) is 108 Å². The number of methoxy groups -OCH3 is 6. The van der Waals surface area contributed by atoms with Crippen LogP contribution in [0.25, 0.3) is 10.9 Å². The zero-order chi connectivity index (χ0) is 34.7. The van der Waals surface area contributed by atoms with Gasteiger partial charge < -0.3 is 43.5 Å². The Bertz CT molecular complexity index is 1610. The van der Waals surface area contributed by atoms with Crippen LogP contribution >= 0.6 is 11.8 Å². The van der Waals surface area contributed by atoms with Gasteiger partial charge in [-0.2, -0.15) is 0 Å². The molecule has 7 rings (SSSR count). The SMILES string of the molecule is C1CSCN1.COC(=O)[C@H]1[C@H]2C[C@@H]3c4[nH]c5cc(OC)ccc5c4CCN3C[C@H]2C[C@@H](OC(=O)c2cc(OC)c(OC)c(OC)c2)[C@@H]1OC. The Kier molecular flexibility index (Phi) is 11.1. The molecule has 6 atom stereocenters. The van der Waals surface area contributed by atoms with Crippen molar-refractivity contribution >= 4 is 34.6 Å². The molecule has 3 aromatic rings. The number of aromatic amines is 1. The molecule has 49 heavy (non-hydrogen) atoms. The summed E-state index contributed by atoms with van der Waals surface area (Å²) in [6, 6.07) is 9.40. The van der Waals surface area contributed by atoms with Crippen LogP contribution in [0.3, 0.4) is 0 Å². The number of hydrogen-bond acceptors (Lipinski definition) is 12. The molecule has 266 valence electrons. The minimum atomic E-state index is -0.670. The van der Waals surface area contributed by atoms with Crippen LogP contribution in [0.4, 0.5) is 0 Å². The van der Waals surface area contributed by atoms with Crippen molar-refractivity contribution in [2.45, 2.75) is 37.5 Å². The van der Waals surface area contributed by atoms with Crippen molar-refractivity contribution in [3.05, 3.63) is 47.2 Å². The van der Waals surface area contributed by atoms with E-state index in [4.69, 9.17) is 33.2 Å². The van der Waals surface area contributed by atoms with E-state index >= 15 is 0 Å². The van der Waals surface area contributed by atoms with Crippen LogP contribution < -0.4 is 24.3 Å². The minimum Gasteiger partial charge on any atom is -0.497 e. The number of hydrogen-bond donors (Lipinski definition) is 2. The number of nitrogens with one attached hydrogen (secondary N) is 2. The quantitative estimate of drug-likeness (QED) is 0.323. The van der Waals surface area contributed by atoms with Gasteiger partial charge in [-0.05, 0) is 60.9 Å². The first kappa shape index (κ1) is 35.2. The van der Waals surface area contributed by atoms with E-state index in [1.165, 1.54) is 63.3 Å². The lowest BCUT2D eigenvalue weighted by atomic mass is 9.63. The van der Waals surface area contributed by atoms with Gasteiger partial charge in [-0.25, -0.2) is 4.79 Å². The molecule has 0 unspecified atom stereocenters. The third kappa shape index (κ3) is 6.90. The maximum Gasteiger partial charge on any atom is 0.338 e. The Morgan fingerprint density at radius 2 is 1.71 bits per heavy atom. The van der Waals surface area contributed by atoms with Crippen molar-refractivity contribution in [3.8, 4) is 23.0 Å². The summed E-state index contributed by atoms with van der Waals surface area (Å²) >= 11 is 1.96. The number of carbonyl (C=O) groups excluding carboxylic acids is 2. The van der Waals surface area contributed by atoms with E-state index < -0.39 is 24.1 Å². The van der Waals surface area contributed by atoms with E-state index in [2.05, 4.69) is 21.3 Å². The van der Waals surface area contributed by atoms with Gasteiger partial charge in [0.05, 0.1) is 53.1 Å². The highest BCUT2D eigenvalue weighted by Crippen LogP contribution is 2.51. The summed E-state index contributed by atoms with van der Waals surface area (Å²) in [5.74, 6) is 2.91. The molecule has 4 aliphatic rings. The highest BCUT2D eigenvalue weighted by Gasteiger charge is 2.54. The molecule has 4 heterocycles. The van der Waals surface area contributed by atoms with Gasteiger partial charge in [0.1, 0.15) is 18.0 Å². The van der Waals surface area contributed by atoms with E-state index in [9.17, 15) is 9.59 Å². The number of ether oxygens (including phenoxy) is 7. The number of aromatic nitrogens is 1. The fourth-order valence-electron chi connectivity index (χ4n) is 8.12. The van der Waals surface area contributed by atoms with Gasteiger partial charge in [-0.1, -0.05) is 0 Å². The molecule has 1 aliphatic carbocycles. The fraction of sp³-hybridized carbons (Fsp3) is 0.556. The van der Waals surface area contributed by atoms with E-state index in [1.807, 2.05) is 23.9 Å². The summed E-state index contributed by atoms with van der Waals surface area (Å²) in [4.78, 5) is 33.1. The maximum absolute atomic E-state index is 13.5. The molecular weight excluding hydrogens is 650 g/mol. The van der Waals surface area contributed by atoms with Gasteiger partial charge in [-0.15, -0.1) is 11.8 Å². The third-order valence-corrected chi connectivity index (χ3v) is 11.3. The number of benzene rings is 2. The molecule has 2 N–H and O–H groups in total. The van der Waals surface area contributed by atoms with Crippen molar-refractivity contribution in [1.82, 2.24) is 15.2 Å². The van der Waals surface area contributed by atoms with Crippen LogP contribution in [-0.2, 0) is 25.4 Å². The number of piperidine rings is 1. The lowest BCUT2D eigenvalue weighted by Gasteiger charge is -2.52. The maximum atomic E-state index is 13.5. The van der Waals surface area contributed by atoms with E-state index in [1.54, 1.807) is 26.4 Å². The zero-order valence-electron chi connectivity index (χ0n) is 29.0. The van der Waals surface area contributed by atoms with E-state index in [0.717, 1.165) is 37.2 Å². The van der Waals surface area contributed by atoms with Gasteiger partial charge in [-0.3, -0.25) is 9.69 Å². The van der Waals surface area contributed by atoms with E-state index in [0.29, 0.717) is 23.7 Å². The molecule has 1 saturated carbocycles. The lowest BCUT2D eigenvalue weighted by Crippen LogP contribution is -2.58. The number of nitrogens with zero attached hydrogens (tertiary/aromatic N) is 1. The smallest absolute Gasteiger partial charge is 0.338 e. The molecular formula is C36H47N3O9S. The van der Waals surface area contributed by atoms with Crippen LogP contribution in [0, 0.1) is 17.8 Å². The summed E-state index contributed by atoms with van der Waals surface area (Å²) in [6.45, 7) is 2.90. The number of fused-ring (bicyclic) bond motifs is 6. The molecule has 2 aromatic carbocycles. The molecule has 1 aromatic heterocycles. The summed E-state index contributed by atoms with van der Waals surface area (Å²) < 4.78 is 39.1. The second-order valence-corrected chi connectivity index (χ2v) is 13.8. The first-order chi connectivity index (χ1) is 23.8. The number of esters is 2. The van der Waals surface area contributed by atoms with Gasteiger partial charge in [0, 0.05) is 61.0 Å². The van der Waals surface area contributed by atoms with Crippen molar-refractivity contribution in [2.75, 3.05) is 73.9 Å². The van der Waals surface area contributed by atoms with Gasteiger partial charge in [0.15, 0.2) is 11.5 Å². The normalized spacial score (nSPS) is 25.9. The lowest BCUT2D eigenvalue weighted by molar-refractivity contribution is -0.176. The predicted octanol–water partition coefficient (Wildman–Crippen LogP) is 4.45. The topological polar surface area (TPSA) is 130 Å². The predicted molar refractivity (Wildman–Crippen MR) is 186 cm³/mol. The molecule has 0 radical (unpaired) electrons. The molecule has 12 nitrogen and oxygen atoms in total. The molecule has 13 heteroatoms. The Morgan fingerprint density at radius 1 is 0.939 bits per heavy atom. The van der Waals surface area contributed by atoms with Crippen LogP contribution in [0.15, 0.2) is 30.3 Å². The van der Waals surface area contributed by atoms with E-state index in [-0.39, 0.29) is 29.4 Å². The Morgan fingerprint density at radius 3 is 2.31 bits per heavy atom. The highest BCUT2D eigenvalue weighted by atomic mass is 32.2. The second-order valence-electron chi connectivity index (χ2n) is 12.7. The Labute approximate surface area is 291 Å². The average molecular weight is 698 g/mol. The Balaban J connectivity index is 0.000000765. The third-order valence-electron chi connectivity index (χ3n) is 10.4. The molecule has 3 fully saturated rings. The van der Waals surface area contributed by atoms with Crippen molar-refractivity contribution in [2.24, 2.45) is 17.8 Å². The molecule has 2 saturated heterocycles. The van der Waals surface area contributed by atoms with Crippen molar-refractivity contribution in [1.29, 1.82) is 0 Å². The van der Waals surface area contributed by atoms with Gasteiger partial charge in [0.25, 0.3) is 0 Å². The molecule has 3 aliphatic heterocycles. The van der Waals surface area contributed by atoms with Crippen molar-refractivity contribution in [3.63, 3.8) is 0 Å². The van der Waals surface area contributed by atoms with Crippen LogP contribution in [0.5, 0.6) is 23.0 Å². The molecule has 0 spiro atoms. The summed E-state index contributed by atoms with van der Waals surface area (Å²) in [6.07, 6.45) is 0.920. The first-order valence-corrected chi connectivity index (χ1v) is 17.8. The van der Waals surface area contributed by atoms with Crippen LogP contribution in [0.2, 0.25) is 0 Å². The fourth-order valence-corrected chi connectivity index (χ4v) is 8.84. The number of carbonyl (C=O) groups is 2. The van der Waals surface area contributed by atoms with Gasteiger partial charge >= 0.3 is 11.9 Å². The standard InChI is InChI=1S/C33H40N2O9.C3H7NS/c1-38-19-7-8-20-21-9-10-35-16-18-13-27(44-32(36)17-11-25(39-2)30(41-4)26(12-17)40-3)31(42-5)28(33(37)43-6)22(18)15-24(35)29(21)34-23(20)14-19;1-2-5-3-4-1/h7-8,11-12,14,18,22,24,27-28,31,34H,9-10,13,15-16H2,1-6H3;4H,1-3H2/t18-,22+,24-,27-,28+,31+;/m1./s1. The highest BCUT2D eigenvalue weighted by molar-refractivity contribution is 7.99. The minimum absolute atomic E-state index is 0.0170. The average Bonchev–Trinajstić information content (AvgIpc) is 3.84. The summed E-state index contributed by atoms with van der Waals surface area (Å²) in [5, 5.41) is 4.40. The molecule has 0 bridgehead atoms. The summed E-state index contributed by atoms with van der Waals surface area (Å²) in [7, 11) is 9.10.